The smallest absolute Gasteiger partial charge is 0.319 e. The van der Waals surface area contributed by atoms with Crippen molar-refractivity contribution < 1.29 is 24.1 Å². The fourth-order valence-corrected chi connectivity index (χ4v) is 5.81. The first-order valence-electron chi connectivity index (χ1n) is 16.5. The van der Waals surface area contributed by atoms with Crippen LogP contribution in [0.2, 0.25) is 0 Å². The minimum absolute atomic E-state index is 0.150. The van der Waals surface area contributed by atoms with Crippen LogP contribution in [0.25, 0.3) is 10.9 Å². The third-order valence-corrected chi connectivity index (χ3v) is 8.46. The Kier molecular flexibility index (Phi) is 11.6. The summed E-state index contributed by atoms with van der Waals surface area (Å²) in [6, 6.07) is 23.1. The van der Waals surface area contributed by atoms with Crippen molar-refractivity contribution in [1.82, 2.24) is 15.2 Å². The van der Waals surface area contributed by atoms with Gasteiger partial charge in [-0.1, -0.05) is 51.1 Å². The van der Waals surface area contributed by atoms with Gasteiger partial charge in [0.25, 0.3) is 0 Å². The summed E-state index contributed by atoms with van der Waals surface area (Å²) in [6.07, 6.45) is 5.33. The maximum absolute atomic E-state index is 12.2. The van der Waals surface area contributed by atoms with E-state index in [1.54, 1.807) is 43.6 Å². The van der Waals surface area contributed by atoms with Crippen LogP contribution in [0.5, 0.6) is 23.0 Å². The molecule has 1 unspecified atom stereocenters. The Balaban J connectivity index is 1.13. The van der Waals surface area contributed by atoms with E-state index in [4.69, 9.17) is 14.2 Å². The van der Waals surface area contributed by atoms with Crippen molar-refractivity contribution in [2.45, 2.75) is 52.6 Å². The third-order valence-electron chi connectivity index (χ3n) is 8.46. The minimum atomic E-state index is -0.629. The predicted octanol–water partition coefficient (Wildman–Crippen LogP) is 7.29. The van der Waals surface area contributed by atoms with Crippen LogP contribution in [-0.2, 0) is 6.42 Å². The number of benzene rings is 3. The molecule has 250 valence electrons. The number of anilines is 1. The van der Waals surface area contributed by atoms with Crippen molar-refractivity contribution in [3.8, 4) is 23.0 Å². The lowest BCUT2D eigenvalue weighted by molar-refractivity contribution is 0.0543. The molecule has 5 rings (SSSR count). The van der Waals surface area contributed by atoms with E-state index in [1.165, 1.54) is 5.56 Å². The van der Waals surface area contributed by atoms with Crippen LogP contribution < -0.4 is 24.8 Å². The minimum Gasteiger partial charge on any atom is -0.493 e. The van der Waals surface area contributed by atoms with Crippen molar-refractivity contribution >= 4 is 22.6 Å². The molecule has 2 heterocycles. The van der Waals surface area contributed by atoms with Crippen LogP contribution in [0.1, 0.15) is 45.6 Å². The number of piperidine rings is 1. The van der Waals surface area contributed by atoms with Gasteiger partial charge in [0.15, 0.2) is 11.5 Å². The monoisotopic (exact) mass is 640 g/mol. The molecular weight excluding hydrogens is 592 g/mol. The second-order valence-electron chi connectivity index (χ2n) is 13.5. The SMILES string of the molecule is COc1cc2c(Oc3ccc(NC(=O)NCCC(C)(C)C)cc3)ccnc2cc1OCC(O)CN1CCC(Cc2ccccc2)CC1. The highest BCUT2D eigenvalue weighted by Gasteiger charge is 2.22. The normalized spacial score (nSPS) is 14.8. The number of ether oxygens (including phenoxy) is 3. The van der Waals surface area contributed by atoms with Crippen LogP contribution in [0.4, 0.5) is 10.5 Å². The van der Waals surface area contributed by atoms with Crippen LogP contribution in [-0.4, -0.2) is 67.0 Å². The second kappa shape index (κ2) is 16.0. The van der Waals surface area contributed by atoms with Crippen molar-refractivity contribution in [2.24, 2.45) is 11.3 Å². The van der Waals surface area contributed by atoms with Gasteiger partial charge >= 0.3 is 6.03 Å². The van der Waals surface area contributed by atoms with E-state index >= 15 is 0 Å². The van der Waals surface area contributed by atoms with E-state index in [2.05, 4.69) is 71.6 Å². The Hall–Kier alpha value is -4.34. The average Bonchev–Trinajstić information content (AvgIpc) is 3.05. The summed E-state index contributed by atoms with van der Waals surface area (Å²) in [7, 11) is 1.59. The zero-order chi connectivity index (χ0) is 33.2. The molecule has 9 nitrogen and oxygen atoms in total. The Morgan fingerprint density at radius 1 is 1.00 bits per heavy atom. The molecular formula is C38H48N4O5. The summed E-state index contributed by atoms with van der Waals surface area (Å²) in [5, 5.41) is 17.3. The number of nitrogens with one attached hydrogen (secondary N) is 2. The maximum Gasteiger partial charge on any atom is 0.319 e. The lowest BCUT2D eigenvalue weighted by Crippen LogP contribution is -2.41. The number of aliphatic hydroxyl groups excluding tert-OH is 1. The average molecular weight is 641 g/mol. The number of nitrogens with zero attached hydrogens (tertiary/aromatic N) is 2. The number of urea groups is 1. The molecule has 9 heteroatoms. The van der Waals surface area contributed by atoms with Gasteiger partial charge in [0.05, 0.1) is 12.6 Å². The summed E-state index contributed by atoms with van der Waals surface area (Å²) in [5.74, 6) is 2.95. The van der Waals surface area contributed by atoms with E-state index < -0.39 is 6.10 Å². The van der Waals surface area contributed by atoms with Crippen molar-refractivity contribution in [1.29, 1.82) is 0 Å². The Labute approximate surface area is 278 Å². The van der Waals surface area contributed by atoms with Gasteiger partial charge in [-0.25, -0.2) is 4.79 Å². The Morgan fingerprint density at radius 3 is 2.45 bits per heavy atom. The molecule has 0 radical (unpaired) electrons. The molecule has 1 aliphatic heterocycles. The summed E-state index contributed by atoms with van der Waals surface area (Å²) in [6.45, 7) is 9.72. The molecule has 0 bridgehead atoms. The standard InChI is InChI=1S/C38H48N4O5/c1-38(2,3)17-19-40-37(44)41-29-10-12-31(13-11-29)47-34-14-18-39-33-24-36(35(45-4)23-32(33)34)46-26-30(43)25-42-20-15-28(16-21-42)22-27-8-6-5-7-9-27/h5-14,18,23-24,28,30,43H,15-17,19-22,25-26H2,1-4H3,(H2,40,41,44). The number of hydrogen-bond acceptors (Lipinski definition) is 7. The molecule has 1 atom stereocenters. The van der Waals surface area contributed by atoms with Gasteiger partial charge in [-0.2, -0.15) is 0 Å². The van der Waals surface area contributed by atoms with Crippen molar-refractivity contribution in [2.75, 3.05) is 45.2 Å². The lowest BCUT2D eigenvalue weighted by atomic mass is 9.90. The molecule has 0 spiro atoms. The van der Waals surface area contributed by atoms with Gasteiger partial charge < -0.3 is 34.9 Å². The number of methoxy groups -OCH3 is 1. The van der Waals surface area contributed by atoms with Crippen LogP contribution in [0, 0.1) is 11.3 Å². The lowest BCUT2D eigenvalue weighted by Gasteiger charge is -2.33. The number of aliphatic hydroxyl groups is 1. The van der Waals surface area contributed by atoms with Gasteiger partial charge in [-0.15, -0.1) is 0 Å². The fourth-order valence-electron chi connectivity index (χ4n) is 5.81. The van der Waals surface area contributed by atoms with Gasteiger partial charge in [-0.05, 0) is 92.1 Å². The summed E-state index contributed by atoms with van der Waals surface area (Å²) in [5.41, 5.74) is 2.90. The number of rotatable bonds is 13. The Morgan fingerprint density at radius 2 is 1.74 bits per heavy atom. The van der Waals surface area contributed by atoms with Gasteiger partial charge in [0.2, 0.25) is 0 Å². The van der Waals surface area contributed by atoms with Crippen molar-refractivity contribution in [3.63, 3.8) is 0 Å². The van der Waals surface area contributed by atoms with E-state index in [1.807, 2.05) is 12.1 Å². The molecule has 47 heavy (non-hydrogen) atoms. The van der Waals surface area contributed by atoms with Crippen LogP contribution in [0.3, 0.4) is 0 Å². The highest BCUT2D eigenvalue weighted by atomic mass is 16.5. The van der Waals surface area contributed by atoms with E-state index in [9.17, 15) is 9.90 Å². The number of carbonyl (C=O) groups is 1. The van der Waals surface area contributed by atoms with Crippen LogP contribution in [0.15, 0.2) is 79.0 Å². The van der Waals surface area contributed by atoms with Crippen LogP contribution >= 0.6 is 0 Å². The first kappa shape index (κ1) is 34.0. The quantitative estimate of drug-likeness (QED) is 0.141. The number of β-amino-alcohol motifs (C(OH)–C–C–N with tert-alkyl or cyclic N) is 1. The van der Waals surface area contributed by atoms with Gasteiger partial charge in [0.1, 0.15) is 24.2 Å². The predicted molar refractivity (Wildman–Crippen MR) is 187 cm³/mol. The highest BCUT2D eigenvalue weighted by molar-refractivity contribution is 5.89. The molecule has 0 aliphatic carbocycles. The van der Waals surface area contributed by atoms with Crippen molar-refractivity contribution in [3.05, 3.63) is 84.6 Å². The third kappa shape index (κ3) is 10.3. The number of aromatic nitrogens is 1. The number of likely N-dealkylation sites (tertiary alicyclic amines) is 1. The summed E-state index contributed by atoms with van der Waals surface area (Å²) in [4.78, 5) is 19.1. The summed E-state index contributed by atoms with van der Waals surface area (Å²) < 4.78 is 17.9. The molecule has 1 aliphatic rings. The zero-order valence-electron chi connectivity index (χ0n) is 28.0. The topological polar surface area (TPSA) is 105 Å². The molecule has 3 aromatic carbocycles. The highest BCUT2D eigenvalue weighted by Crippen LogP contribution is 2.37. The number of pyridine rings is 1. The fraction of sp³-hybridized carbons (Fsp3) is 0.421. The van der Waals surface area contributed by atoms with Gasteiger partial charge in [-0.3, -0.25) is 4.98 Å². The zero-order valence-corrected chi connectivity index (χ0v) is 28.0. The molecule has 1 fully saturated rings. The first-order valence-corrected chi connectivity index (χ1v) is 16.5. The van der Waals surface area contributed by atoms with Gasteiger partial charge in [0, 0.05) is 36.4 Å². The maximum atomic E-state index is 12.2. The number of hydrogen-bond donors (Lipinski definition) is 3. The Bertz CT molecular complexity index is 1580. The molecule has 3 N–H and O–H groups in total. The van der Waals surface area contributed by atoms with E-state index in [-0.39, 0.29) is 18.1 Å². The largest absolute Gasteiger partial charge is 0.493 e. The molecule has 4 aromatic rings. The first-order chi connectivity index (χ1) is 22.6. The second-order valence-corrected chi connectivity index (χ2v) is 13.5. The molecule has 2 amide bonds. The van der Waals surface area contributed by atoms with E-state index in [0.717, 1.165) is 44.2 Å². The number of carbonyl (C=O) groups excluding carboxylic acids is 1. The number of fused-ring (bicyclic) bond motifs is 1. The molecule has 1 aromatic heterocycles. The van der Waals surface area contributed by atoms with E-state index in [0.29, 0.717) is 53.2 Å². The molecule has 0 saturated carbocycles. The number of amides is 2. The molecule has 1 saturated heterocycles. The summed E-state index contributed by atoms with van der Waals surface area (Å²) >= 11 is 0.